The van der Waals surface area contributed by atoms with Crippen LogP contribution in [0.5, 0.6) is 17.5 Å². The Morgan fingerprint density at radius 2 is 1.90 bits per heavy atom. The van der Waals surface area contributed by atoms with Gasteiger partial charge in [-0.2, -0.15) is 28.2 Å². The number of carbonyl (C=O) groups is 1. The largest absolute Gasteiger partial charge is 0.506 e. The number of aryl methyl sites for hydroxylation is 1. The van der Waals surface area contributed by atoms with E-state index in [1.807, 2.05) is 0 Å². The Morgan fingerprint density at radius 3 is 2.50 bits per heavy atom. The summed E-state index contributed by atoms with van der Waals surface area (Å²) in [6.45, 7) is 4.20. The van der Waals surface area contributed by atoms with E-state index >= 15 is 0 Å². The number of ether oxygens (including phenoxy) is 1. The third-order valence-corrected chi connectivity index (χ3v) is 6.27. The van der Waals surface area contributed by atoms with Crippen LogP contribution in [-0.4, -0.2) is 66.4 Å². The number of aromatic nitrogens is 5. The monoisotopic (exact) mass is 559 g/mol. The third-order valence-electron chi connectivity index (χ3n) is 6.27. The molecule has 1 fully saturated rings. The van der Waals surface area contributed by atoms with Crippen molar-refractivity contribution in [1.82, 2.24) is 29.2 Å². The first kappa shape index (κ1) is 26.6. The van der Waals surface area contributed by atoms with Crippen LogP contribution in [0.15, 0.2) is 54.1 Å². The molecule has 0 unspecified atom stereocenters. The predicted molar refractivity (Wildman–Crippen MR) is 134 cm³/mol. The van der Waals surface area contributed by atoms with E-state index < -0.39 is 40.2 Å². The van der Waals surface area contributed by atoms with E-state index in [2.05, 4.69) is 21.6 Å². The third kappa shape index (κ3) is 4.81. The molecule has 1 aromatic carbocycles. The van der Waals surface area contributed by atoms with Crippen LogP contribution in [0.4, 0.5) is 23.4 Å². The number of anilines is 1. The summed E-state index contributed by atoms with van der Waals surface area (Å²) in [4.78, 5) is 37.2. The number of phenols is 1. The van der Waals surface area contributed by atoms with Gasteiger partial charge in [-0.1, -0.05) is 12.6 Å². The van der Waals surface area contributed by atoms with Crippen molar-refractivity contribution in [2.45, 2.75) is 6.18 Å². The van der Waals surface area contributed by atoms with Crippen molar-refractivity contribution in [1.29, 1.82) is 0 Å². The van der Waals surface area contributed by atoms with Crippen LogP contribution in [0.3, 0.4) is 0 Å². The standard InChI is InChI=1S/C25H21F4N7O4/c1-3-19(38)34-7-9-35(10-8-34)22-15-11-18(25(27,28)29)36(21-16(26)5-4-6-17(21)37)23(39)20(15)31-24(32-22)40-14-12-30-33(2)13-14/h3-6,11-13,37H,1,7-10H2,2H3. The second-order valence-corrected chi connectivity index (χ2v) is 8.84. The molecule has 0 aliphatic carbocycles. The average molecular weight is 559 g/mol. The normalized spacial score (nSPS) is 14.0. The number of hydrogen-bond acceptors (Lipinski definition) is 8. The molecule has 0 atom stereocenters. The lowest BCUT2D eigenvalue weighted by atomic mass is 10.1. The first-order chi connectivity index (χ1) is 19.0. The maximum absolute atomic E-state index is 14.8. The van der Waals surface area contributed by atoms with Crippen LogP contribution in [0.2, 0.25) is 0 Å². The van der Waals surface area contributed by atoms with E-state index in [4.69, 9.17) is 4.74 Å². The van der Waals surface area contributed by atoms with Crippen molar-refractivity contribution in [2.75, 3.05) is 31.1 Å². The number of amides is 1. The number of pyridine rings is 1. The van der Waals surface area contributed by atoms with Gasteiger partial charge in [0.2, 0.25) is 5.91 Å². The van der Waals surface area contributed by atoms with Gasteiger partial charge in [0, 0.05) is 33.2 Å². The molecule has 15 heteroatoms. The van der Waals surface area contributed by atoms with Crippen molar-refractivity contribution in [2.24, 2.45) is 7.05 Å². The summed E-state index contributed by atoms with van der Waals surface area (Å²) in [6.07, 6.45) is -1.16. The molecular formula is C25H21F4N7O4. The van der Waals surface area contributed by atoms with E-state index in [0.29, 0.717) is 6.07 Å². The molecule has 1 N–H and O–H groups in total. The highest BCUT2D eigenvalue weighted by Gasteiger charge is 2.38. The van der Waals surface area contributed by atoms with Gasteiger partial charge in [0.15, 0.2) is 11.6 Å². The minimum Gasteiger partial charge on any atom is -0.506 e. The molecule has 40 heavy (non-hydrogen) atoms. The molecule has 11 nitrogen and oxygen atoms in total. The number of alkyl halides is 3. The number of phenolic OH excluding ortho intramolecular Hbond substituents is 1. The highest BCUT2D eigenvalue weighted by molar-refractivity contribution is 5.91. The maximum Gasteiger partial charge on any atom is 0.431 e. The van der Waals surface area contributed by atoms with E-state index in [1.54, 1.807) is 11.9 Å². The van der Waals surface area contributed by atoms with Gasteiger partial charge >= 0.3 is 12.2 Å². The van der Waals surface area contributed by atoms with E-state index in [1.165, 1.54) is 22.0 Å². The van der Waals surface area contributed by atoms with Crippen LogP contribution in [0, 0.1) is 5.82 Å². The molecule has 208 valence electrons. The summed E-state index contributed by atoms with van der Waals surface area (Å²) in [7, 11) is 1.63. The Morgan fingerprint density at radius 1 is 1.18 bits per heavy atom. The van der Waals surface area contributed by atoms with Crippen molar-refractivity contribution in [3.63, 3.8) is 0 Å². The van der Waals surface area contributed by atoms with Crippen LogP contribution < -0.4 is 15.2 Å². The lowest BCUT2D eigenvalue weighted by molar-refractivity contribution is -0.142. The minimum atomic E-state index is -5.14. The smallest absolute Gasteiger partial charge is 0.431 e. The first-order valence-corrected chi connectivity index (χ1v) is 11.8. The Bertz CT molecular complexity index is 1670. The fourth-order valence-electron chi connectivity index (χ4n) is 4.42. The second kappa shape index (κ2) is 9.98. The van der Waals surface area contributed by atoms with Crippen LogP contribution >= 0.6 is 0 Å². The molecular weight excluding hydrogens is 538 g/mol. The summed E-state index contributed by atoms with van der Waals surface area (Å²) in [5, 5.41) is 13.9. The lowest BCUT2D eigenvalue weighted by Gasteiger charge is -2.35. The van der Waals surface area contributed by atoms with Crippen molar-refractivity contribution in [3.05, 3.63) is 71.2 Å². The van der Waals surface area contributed by atoms with Gasteiger partial charge in [-0.3, -0.25) is 18.8 Å². The van der Waals surface area contributed by atoms with Crippen molar-refractivity contribution >= 4 is 22.6 Å². The van der Waals surface area contributed by atoms with Crippen LogP contribution in [0.25, 0.3) is 16.6 Å². The number of nitrogens with zero attached hydrogens (tertiary/aromatic N) is 7. The van der Waals surface area contributed by atoms with Gasteiger partial charge in [-0.25, -0.2) is 4.39 Å². The van der Waals surface area contributed by atoms with Gasteiger partial charge < -0.3 is 19.6 Å². The molecule has 4 aromatic rings. The Kier molecular flexibility index (Phi) is 6.65. The summed E-state index contributed by atoms with van der Waals surface area (Å²) < 4.78 is 64.8. The highest BCUT2D eigenvalue weighted by Crippen LogP contribution is 2.37. The topological polar surface area (TPSA) is 119 Å². The Hall–Kier alpha value is -4.95. The zero-order chi connectivity index (χ0) is 28.8. The number of hydrogen-bond donors (Lipinski definition) is 1. The van der Waals surface area contributed by atoms with Gasteiger partial charge in [0.1, 0.15) is 28.5 Å². The number of benzene rings is 1. The molecule has 1 aliphatic heterocycles. The summed E-state index contributed by atoms with van der Waals surface area (Å²) in [5.74, 6) is -2.30. The number of fused-ring (bicyclic) bond motifs is 1. The number of carbonyl (C=O) groups excluding carboxylic acids is 1. The first-order valence-electron chi connectivity index (χ1n) is 11.8. The fourth-order valence-corrected chi connectivity index (χ4v) is 4.42. The molecule has 0 bridgehead atoms. The van der Waals surface area contributed by atoms with E-state index in [0.717, 1.165) is 24.3 Å². The molecule has 4 heterocycles. The quantitative estimate of drug-likeness (QED) is 0.293. The Labute approximate surface area is 223 Å². The predicted octanol–water partition coefficient (Wildman–Crippen LogP) is 3.00. The second-order valence-electron chi connectivity index (χ2n) is 8.84. The van der Waals surface area contributed by atoms with Crippen LogP contribution in [-0.2, 0) is 18.0 Å². The van der Waals surface area contributed by atoms with Gasteiger partial charge in [0.05, 0.1) is 17.8 Å². The molecule has 3 aromatic heterocycles. The number of piperazine rings is 1. The zero-order valence-corrected chi connectivity index (χ0v) is 20.9. The number of aromatic hydroxyl groups is 1. The van der Waals surface area contributed by atoms with Gasteiger partial charge in [-0.15, -0.1) is 0 Å². The maximum atomic E-state index is 14.8. The molecule has 0 saturated carbocycles. The van der Waals surface area contributed by atoms with Gasteiger partial charge in [-0.05, 0) is 24.3 Å². The summed E-state index contributed by atoms with van der Waals surface area (Å²) in [6, 6.07) is 3.12. The van der Waals surface area contributed by atoms with E-state index in [-0.39, 0.29) is 59.6 Å². The number of para-hydroxylation sites is 1. The minimum absolute atomic E-state index is 0.0400. The lowest BCUT2D eigenvalue weighted by Crippen LogP contribution is -2.48. The molecule has 1 aliphatic rings. The average Bonchev–Trinajstić information content (AvgIpc) is 3.32. The van der Waals surface area contributed by atoms with Crippen molar-refractivity contribution in [3.8, 4) is 23.2 Å². The molecule has 1 saturated heterocycles. The molecule has 0 radical (unpaired) electrons. The Balaban J connectivity index is 1.76. The zero-order valence-electron chi connectivity index (χ0n) is 20.9. The van der Waals surface area contributed by atoms with Crippen molar-refractivity contribution < 1.29 is 32.2 Å². The summed E-state index contributed by atoms with van der Waals surface area (Å²) >= 11 is 0. The van der Waals surface area contributed by atoms with Crippen LogP contribution in [0.1, 0.15) is 5.69 Å². The SMILES string of the molecule is C=CC(=O)N1CCN(c2nc(Oc3cnn(C)c3)nc3c(=O)n(-c4c(O)cccc4F)c(C(F)(F)F)cc23)CC1. The molecule has 5 rings (SSSR count). The molecule has 1 amide bonds. The van der Waals surface area contributed by atoms with E-state index in [9.17, 15) is 32.3 Å². The fraction of sp³-hybridized carbons (Fsp3) is 0.240. The number of rotatable bonds is 5. The van der Waals surface area contributed by atoms with Gasteiger partial charge in [0.25, 0.3) is 5.56 Å². The molecule has 0 spiro atoms. The number of halogens is 4. The summed E-state index contributed by atoms with van der Waals surface area (Å²) in [5.41, 5.74) is -4.39. The highest BCUT2D eigenvalue weighted by atomic mass is 19.4.